The molecule has 0 N–H and O–H groups in total. The van der Waals surface area contributed by atoms with Gasteiger partial charge in [-0.2, -0.15) is 0 Å². The number of nitro groups is 1. The number of rotatable bonds is 2. The number of anilines is 1. The highest BCUT2D eigenvalue weighted by Gasteiger charge is 2.37. The van der Waals surface area contributed by atoms with Crippen molar-refractivity contribution in [2.45, 2.75) is 53.0 Å². The van der Waals surface area contributed by atoms with Crippen molar-refractivity contribution in [1.82, 2.24) is 4.98 Å². The molecule has 2 rings (SSSR count). The van der Waals surface area contributed by atoms with Gasteiger partial charge in [0, 0.05) is 18.2 Å². The molecule has 116 valence electrons. The molecule has 6 heteroatoms. The van der Waals surface area contributed by atoms with E-state index in [0.717, 1.165) is 25.8 Å². The second-order valence-electron chi connectivity index (χ2n) is 6.76. The highest BCUT2D eigenvalue weighted by Crippen LogP contribution is 2.39. The molecule has 5 nitrogen and oxygen atoms in total. The van der Waals surface area contributed by atoms with Crippen molar-refractivity contribution in [3.8, 4) is 0 Å². The fraction of sp³-hybridized carbons (Fsp3) is 0.667. The minimum absolute atomic E-state index is 0.0339. The van der Waals surface area contributed by atoms with Crippen molar-refractivity contribution in [3.05, 3.63) is 26.9 Å². The Labute approximate surface area is 130 Å². The summed E-state index contributed by atoms with van der Waals surface area (Å²) in [5.74, 6) is 0.421. The molecule has 0 aliphatic carbocycles. The summed E-state index contributed by atoms with van der Waals surface area (Å²) >= 11 is 6.05. The van der Waals surface area contributed by atoms with E-state index in [1.165, 1.54) is 0 Å². The summed E-state index contributed by atoms with van der Waals surface area (Å²) in [6.07, 6.45) is 3.19. The van der Waals surface area contributed by atoms with Gasteiger partial charge in [0.2, 0.25) is 5.82 Å². The first kappa shape index (κ1) is 16.0. The molecular formula is C15H22ClN3O2. The number of halogens is 1. The van der Waals surface area contributed by atoms with Gasteiger partial charge in [0.1, 0.15) is 5.15 Å². The van der Waals surface area contributed by atoms with Gasteiger partial charge in [-0.15, -0.1) is 0 Å². The van der Waals surface area contributed by atoms with E-state index in [9.17, 15) is 10.1 Å². The summed E-state index contributed by atoms with van der Waals surface area (Å²) in [6, 6.07) is 1.79. The lowest BCUT2D eigenvalue weighted by Gasteiger charge is -2.43. The third-order valence-corrected chi connectivity index (χ3v) is 4.28. The van der Waals surface area contributed by atoms with E-state index in [1.54, 1.807) is 13.0 Å². The lowest BCUT2D eigenvalue weighted by Crippen LogP contribution is -2.48. The van der Waals surface area contributed by atoms with Gasteiger partial charge in [0.25, 0.3) is 0 Å². The molecule has 0 amide bonds. The summed E-state index contributed by atoms with van der Waals surface area (Å²) in [7, 11) is 0. The molecule has 1 atom stereocenters. The van der Waals surface area contributed by atoms with Gasteiger partial charge in [-0.3, -0.25) is 10.1 Å². The van der Waals surface area contributed by atoms with Crippen LogP contribution in [0.4, 0.5) is 11.5 Å². The van der Waals surface area contributed by atoms with E-state index in [1.807, 2.05) is 0 Å². The summed E-state index contributed by atoms with van der Waals surface area (Å²) in [4.78, 5) is 17.5. The first-order chi connectivity index (χ1) is 9.71. The number of hydrogen-bond donors (Lipinski definition) is 0. The molecule has 0 spiro atoms. The van der Waals surface area contributed by atoms with Crippen LogP contribution in [-0.4, -0.2) is 22.5 Å². The summed E-state index contributed by atoms with van der Waals surface area (Å²) in [6.45, 7) is 9.00. The minimum Gasteiger partial charge on any atom is -0.347 e. The molecule has 0 bridgehead atoms. The zero-order valence-electron chi connectivity index (χ0n) is 13.0. The summed E-state index contributed by atoms with van der Waals surface area (Å²) < 4.78 is 0. The fourth-order valence-electron chi connectivity index (χ4n) is 3.12. The Morgan fingerprint density at radius 1 is 1.43 bits per heavy atom. The van der Waals surface area contributed by atoms with Crippen LogP contribution in [0.5, 0.6) is 0 Å². The van der Waals surface area contributed by atoms with Gasteiger partial charge in [-0.25, -0.2) is 4.98 Å². The van der Waals surface area contributed by atoms with Gasteiger partial charge >= 0.3 is 5.69 Å². The van der Waals surface area contributed by atoms with Gasteiger partial charge in [0.15, 0.2) is 0 Å². The van der Waals surface area contributed by atoms with E-state index < -0.39 is 0 Å². The molecule has 1 saturated heterocycles. The molecule has 0 aromatic carbocycles. The van der Waals surface area contributed by atoms with E-state index >= 15 is 0 Å². The van der Waals surface area contributed by atoms with Crippen LogP contribution in [0.1, 0.15) is 45.6 Å². The molecule has 1 unspecified atom stereocenters. The maximum atomic E-state index is 11.4. The maximum Gasteiger partial charge on any atom is 0.314 e. The summed E-state index contributed by atoms with van der Waals surface area (Å²) in [5.41, 5.74) is 0.676. The Bertz CT molecular complexity index is 555. The standard InChI is InChI=1S/C15H22ClN3O2/c1-10-9-12(16)17-14(13(10)19(20)21)18-8-6-5-7-11(18)15(2,3)4/h9,11H,5-8H2,1-4H3. The van der Waals surface area contributed by atoms with Crippen LogP contribution in [0.25, 0.3) is 0 Å². The van der Waals surface area contributed by atoms with Crippen molar-refractivity contribution < 1.29 is 4.92 Å². The van der Waals surface area contributed by atoms with Crippen molar-refractivity contribution in [2.24, 2.45) is 5.41 Å². The van der Waals surface area contributed by atoms with E-state index in [0.29, 0.717) is 16.5 Å². The molecule has 0 saturated carbocycles. The molecule has 0 radical (unpaired) electrons. The molecule has 1 aromatic rings. The smallest absolute Gasteiger partial charge is 0.314 e. The molecule has 1 aliphatic heterocycles. The third-order valence-electron chi connectivity index (χ3n) is 4.09. The fourth-order valence-corrected chi connectivity index (χ4v) is 3.36. The molecule has 2 heterocycles. The average Bonchev–Trinajstić information content (AvgIpc) is 2.36. The Hall–Kier alpha value is -1.36. The normalized spacial score (nSPS) is 19.7. The predicted molar refractivity (Wildman–Crippen MR) is 85.1 cm³/mol. The van der Waals surface area contributed by atoms with Crippen molar-refractivity contribution in [2.75, 3.05) is 11.4 Å². The van der Waals surface area contributed by atoms with Crippen molar-refractivity contribution in [1.29, 1.82) is 0 Å². The highest BCUT2D eigenvalue weighted by molar-refractivity contribution is 6.29. The number of pyridine rings is 1. The van der Waals surface area contributed by atoms with E-state index in [-0.39, 0.29) is 22.1 Å². The number of hydrogen-bond acceptors (Lipinski definition) is 4. The predicted octanol–water partition coefficient (Wildman–Crippen LogP) is 4.36. The van der Waals surface area contributed by atoms with Gasteiger partial charge in [0.05, 0.1) is 4.92 Å². The van der Waals surface area contributed by atoms with Crippen molar-refractivity contribution >= 4 is 23.1 Å². The highest BCUT2D eigenvalue weighted by atomic mass is 35.5. The third kappa shape index (κ3) is 3.28. The zero-order valence-corrected chi connectivity index (χ0v) is 13.8. The van der Waals surface area contributed by atoms with Crippen LogP contribution >= 0.6 is 11.6 Å². The van der Waals surface area contributed by atoms with Gasteiger partial charge < -0.3 is 4.90 Å². The monoisotopic (exact) mass is 311 g/mol. The number of piperidine rings is 1. The lowest BCUT2D eigenvalue weighted by molar-refractivity contribution is -0.385. The Kier molecular flexibility index (Phi) is 4.42. The Balaban J connectivity index is 2.55. The zero-order chi connectivity index (χ0) is 15.8. The molecule has 1 fully saturated rings. The quantitative estimate of drug-likeness (QED) is 0.462. The second-order valence-corrected chi connectivity index (χ2v) is 7.15. The molecule has 1 aromatic heterocycles. The summed E-state index contributed by atoms with van der Waals surface area (Å²) in [5, 5.41) is 11.8. The first-order valence-electron chi connectivity index (χ1n) is 7.30. The second kappa shape index (κ2) is 5.79. The van der Waals surface area contributed by atoms with Crippen LogP contribution in [0, 0.1) is 22.5 Å². The molecule has 21 heavy (non-hydrogen) atoms. The van der Waals surface area contributed by atoms with Crippen molar-refractivity contribution in [3.63, 3.8) is 0 Å². The van der Waals surface area contributed by atoms with E-state index in [4.69, 9.17) is 11.6 Å². The van der Waals surface area contributed by atoms with Crippen LogP contribution in [0.2, 0.25) is 5.15 Å². The number of aromatic nitrogens is 1. The molecular weight excluding hydrogens is 290 g/mol. The Morgan fingerprint density at radius 3 is 2.67 bits per heavy atom. The van der Waals surface area contributed by atoms with Crippen LogP contribution in [0.15, 0.2) is 6.07 Å². The Morgan fingerprint density at radius 2 is 2.10 bits per heavy atom. The van der Waals surface area contributed by atoms with Gasteiger partial charge in [-0.05, 0) is 37.7 Å². The van der Waals surface area contributed by atoms with Gasteiger partial charge in [-0.1, -0.05) is 32.4 Å². The van der Waals surface area contributed by atoms with Crippen LogP contribution in [0.3, 0.4) is 0 Å². The van der Waals surface area contributed by atoms with Crippen LogP contribution < -0.4 is 4.90 Å². The average molecular weight is 312 g/mol. The lowest BCUT2D eigenvalue weighted by atomic mass is 9.80. The number of aryl methyl sites for hydroxylation is 1. The maximum absolute atomic E-state index is 11.4. The number of nitrogens with zero attached hydrogens (tertiary/aromatic N) is 3. The molecule has 1 aliphatic rings. The first-order valence-corrected chi connectivity index (χ1v) is 7.68. The minimum atomic E-state index is -0.345. The van der Waals surface area contributed by atoms with Crippen LogP contribution in [-0.2, 0) is 0 Å². The van der Waals surface area contributed by atoms with E-state index in [2.05, 4.69) is 30.7 Å². The SMILES string of the molecule is Cc1cc(Cl)nc(N2CCCCC2C(C)(C)C)c1[N+](=O)[O-]. The largest absolute Gasteiger partial charge is 0.347 e. The topological polar surface area (TPSA) is 59.3 Å².